The summed E-state index contributed by atoms with van der Waals surface area (Å²) >= 11 is 0. The number of rotatable bonds is 8. The smallest absolute Gasteiger partial charge is 0.327 e. The normalized spacial score (nSPS) is 13.6. The van der Waals surface area contributed by atoms with Crippen LogP contribution in [-0.2, 0) is 4.79 Å². The van der Waals surface area contributed by atoms with Gasteiger partial charge in [0.25, 0.3) is 0 Å². The average Bonchev–Trinajstić information content (AvgIpc) is 2.21. The van der Waals surface area contributed by atoms with E-state index in [2.05, 4.69) is 5.32 Å². The predicted molar refractivity (Wildman–Crippen MR) is 55.7 cm³/mol. The lowest BCUT2D eigenvalue weighted by Crippen LogP contribution is -2.30. The van der Waals surface area contributed by atoms with E-state index >= 15 is 0 Å². The zero-order valence-electron chi connectivity index (χ0n) is 8.37. The van der Waals surface area contributed by atoms with Crippen molar-refractivity contribution in [3.63, 3.8) is 0 Å². The van der Waals surface area contributed by atoms with Crippen molar-refractivity contribution in [2.24, 2.45) is 5.73 Å². The van der Waals surface area contributed by atoms with Crippen molar-refractivity contribution >= 4 is 12.2 Å². The third kappa shape index (κ3) is 6.75. The van der Waals surface area contributed by atoms with Gasteiger partial charge in [0.2, 0.25) is 0 Å². The molecule has 0 aromatic heterocycles. The van der Waals surface area contributed by atoms with Crippen LogP contribution in [0.4, 0.5) is 4.39 Å². The van der Waals surface area contributed by atoms with Crippen LogP contribution in [0.2, 0.25) is 0 Å². The molecule has 0 radical (unpaired) electrons. The molecule has 0 aliphatic carbocycles. The predicted octanol–water partition coefficient (Wildman–Crippen LogP) is 0.271. The van der Waals surface area contributed by atoms with E-state index in [1.807, 2.05) is 0 Å². The number of unbranched alkanes of at least 4 members (excludes halogenated alkanes) is 1. The zero-order chi connectivity index (χ0) is 11.7. The van der Waals surface area contributed by atoms with Crippen LogP contribution in [-0.4, -0.2) is 36.4 Å². The summed E-state index contributed by atoms with van der Waals surface area (Å²) in [6.07, 6.45) is 3.52. The second kappa shape index (κ2) is 8.07. The molecule has 0 aliphatic heterocycles. The number of hydrogen-bond donors (Lipinski definition) is 4. The fraction of sp³-hybridized carbons (Fsp3) is 0.556. The highest BCUT2D eigenvalue weighted by Crippen LogP contribution is 2.04. The van der Waals surface area contributed by atoms with Crippen LogP contribution in [0, 0.1) is 5.41 Å². The maximum absolute atomic E-state index is 12.9. The number of nitrogens with two attached hydrogens (primary N) is 1. The van der Waals surface area contributed by atoms with Gasteiger partial charge in [-0.2, -0.15) is 0 Å². The van der Waals surface area contributed by atoms with Crippen LogP contribution in [0.15, 0.2) is 11.9 Å². The molecular weight excluding hydrogens is 201 g/mol. The minimum Gasteiger partial charge on any atom is -0.480 e. The van der Waals surface area contributed by atoms with Gasteiger partial charge in [-0.25, -0.2) is 4.39 Å². The van der Waals surface area contributed by atoms with Gasteiger partial charge >= 0.3 is 5.97 Å². The summed E-state index contributed by atoms with van der Waals surface area (Å²) in [5, 5.41) is 18.0. The molecule has 0 amide bonds. The van der Waals surface area contributed by atoms with E-state index in [1.54, 1.807) is 0 Å². The first kappa shape index (κ1) is 13.7. The molecule has 0 heterocycles. The van der Waals surface area contributed by atoms with E-state index in [1.165, 1.54) is 12.3 Å². The molecule has 0 spiro atoms. The number of hydrogen-bond acceptors (Lipinski definition) is 4. The molecule has 1 unspecified atom stereocenters. The second-order valence-electron chi connectivity index (χ2n) is 2.96. The van der Waals surface area contributed by atoms with Gasteiger partial charge in [-0.1, -0.05) is 6.08 Å². The molecule has 5 nitrogen and oxygen atoms in total. The number of carbonyl (C=O) groups is 1. The molecule has 0 fully saturated rings. The molecule has 0 aromatic carbocycles. The zero-order valence-corrected chi connectivity index (χ0v) is 8.37. The summed E-state index contributed by atoms with van der Waals surface area (Å²) in [7, 11) is 0. The summed E-state index contributed by atoms with van der Waals surface area (Å²) in [4.78, 5) is 10.3. The standard InChI is InChI=1S/C9H16FN3O2/c10-7(8(12)9(14)15)3-1-2-5-13-6-4-11/h3-4,8,11,13H,1-2,5-6,12H2,(H,14,15)/b7-3+,11-4?. The monoisotopic (exact) mass is 217 g/mol. The molecule has 0 saturated heterocycles. The first-order valence-corrected chi connectivity index (χ1v) is 4.63. The van der Waals surface area contributed by atoms with Crippen molar-refractivity contribution in [3.8, 4) is 0 Å². The Morgan fingerprint density at radius 3 is 2.87 bits per heavy atom. The van der Waals surface area contributed by atoms with Crippen LogP contribution >= 0.6 is 0 Å². The Kier molecular flexibility index (Phi) is 7.39. The van der Waals surface area contributed by atoms with E-state index in [4.69, 9.17) is 16.2 Å². The molecule has 0 aromatic rings. The van der Waals surface area contributed by atoms with E-state index in [0.29, 0.717) is 25.9 Å². The Bertz CT molecular complexity index is 244. The minimum atomic E-state index is -1.56. The Balaban J connectivity index is 3.67. The summed E-state index contributed by atoms with van der Waals surface area (Å²) in [6, 6.07) is -1.56. The van der Waals surface area contributed by atoms with Crippen molar-refractivity contribution in [2.45, 2.75) is 18.9 Å². The Labute approximate surface area is 87.7 Å². The average molecular weight is 217 g/mol. The lowest BCUT2D eigenvalue weighted by Gasteiger charge is -2.03. The highest BCUT2D eigenvalue weighted by atomic mass is 19.1. The Hall–Kier alpha value is -1.27. The number of halogens is 1. The molecule has 0 rings (SSSR count). The topological polar surface area (TPSA) is 99.2 Å². The van der Waals surface area contributed by atoms with Gasteiger partial charge < -0.3 is 21.6 Å². The summed E-state index contributed by atoms with van der Waals surface area (Å²) in [5.74, 6) is -2.18. The van der Waals surface area contributed by atoms with Crippen LogP contribution in [0.3, 0.4) is 0 Å². The molecule has 6 heteroatoms. The molecule has 0 aliphatic rings. The molecular formula is C9H16FN3O2. The quantitative estimate of drug-likeness (QED) is 0.346. The number of carboxylic acid groups (broad SMARTS) is 1. The highest BCUT2D eigenvalue weighted by Gasteiger charge is 2.16. The van der Waals surface area contributed by atoms with Gasteiger partial charge in [-0.3, -0.25) is 4.79 Å². The number of nitrogens with one attached hydrogen (secondary N) is 2. The largest absolute Gasteiger partial charge is 0.480 e. The lowest BCUT2D eigenvalue weighted by atomic mass is 10.2. The Morgan fingerprint density at radius 2 is 2.33 bits per heavy atom. The summed E-state index contributed by atoms with van der Waals surface area (Å²) in [5.41, 5.74) is 5.03. The van der Waals surface area contributed by atoms with Crippen molar-refractivity contribution in [1.29, 1.82) is 5.41 Å². The number of carboxylic acids is 1. The van der Waals surface area contributed by atoms with Gasteiger partial charge in [0, 0.05) is 12.8 Å². The Morgan fingerprint density at radius 1 is 1.67 bits per heavy atom. The third-order valence-corrected chi connectivity index (χ3v) is 1.71. The molecule has 1 atom stereocenters. The fourth-order valence-electron chi connectivity index (χ4n) is 0.886. The van der Waals surface area contributed by atoms with Gasteiger partial charge in [0.05, 0.1) is 0 Å². The van der Waals surface area contributed by atoms with E-state index in [-0.39, 0.29) is 0 Å². The van der Waals surface area contributed by atoms with E-state index in [9.17, 15) is 9.18 Å². The van der Waals surface area contributed by atoms with Gasteiger partial charge in [0.15, 0.2) is 6.04 Å². The van der Waals surface area contributed by atoms with Gasteiger partial charge in [-0.15, -0.1) is 0 Å². The van der Waals surface area contributed by atoms with Crippen LogP contribution in [0.1, 0.15) is 12.8 Å². The molecule has 0 saturated carbocycles. The number of allylic oxidation sites excluding steroid dienone is 1. The maximum Gasteiger partial charge on any atom is 0.327 e. The maximum atomic E-state index is 12.9. The van der Waals surface area contributed by atoms with Crippen LogP contribution < -0.4 is 11.1 Å². The van der Waals surface area contributed by atoms with Crippen LogP contribution in [0.5, 0.6) is 0 Å². The minimum absolute atomic E-state index is 0.428. The van der Waals surface area contributed by atoms with Crippen molar-refractivity contribution in [1.82, 2.24) is 5.32 Å². The number of aliphatic carboxylic acids is 1. The third-order valence-electron chi connectivity index (χ3n) is 1.71. The molecule has 5 N–H and O–H groups in total. The fourth-order valence-corrected chi connectivity index (χ4v) is 0.886. The first-order valence-electron chi connectivity index (χ1n) is 4.63. The highest BCUT2D eigenvalue weighted by molar-refractivity contribution is 5.76. The van der Waals surface area contributed by atoms with Gasteiger partial charge in [-0.05, 0) is 19.4 Å². The van der Waals surface area contributed by atoms with E-state index < -0.39 is 17.8 Å². The van der Waals surface area contributed by atoms with Gasteiger partial charge in [0.1, 0.15) is 5.83 Å². The molecule has 15 heavy (non-hydrogen) atoms. The first-order chi connectivity index (χ1) is 7.09. The lowest BCUT2D eigenvalue weighted by molar-refractivity contribution is -0.137. The second-order valence-corrected chi connectivity index (χ2v) is 2.96. The molecule has 0 bridgehead atoms. The SMILES string of the molecule is N=CCNCCC/C=C(/F)C(N)C(=O)O. The van der Waals surface area contributed by atoms with Crippen molar-refractivity contribution in [2.75, 3.05) is 13.1 Å². The van der Waals surface area contributed by atoms with Crippen molar-refractivity contribution < 1.29 is 14.3 Å². The van der Waals surface area contributed by atoms with Crippen LogP contribution in [0.25, 0.3) is 0 Å². The summed E-state index contributed by atoms with van der Waals surface area (Å²) in [6.45, 7) is 1.14. The van der Waals surface area contributed by atoms with E-state index in [0.717, 1.165) is 0 Å². The molecule has 86 valence electrons. The van der Waals surface area contributed by atoms with Crippen molar-refractivity contribution in [3.05, 3.63) is 11.9 Å². The summed E-state index contributed by atoms with van der Waals surface area (Å²) < 4.78 is 12.9.